The first kappa shape index (κ1) is 32.9. The Balaban J connectivity index is 1.42. The van der Waals surface area contributed by atoms with E-state index in [1.165, 1.54) is 17.8 Å². The highest BCUT2D eigenvalue weighted by atomic mass is 32.5. The number of halogens is 1. The number of aliphatic hydroxyl groups is 1. The van der Waals surface area contributed by atoms with Gasteiger partial charge in [-0.1, -0.05) is 36.4 Å². The maximum Gasteiger partial charge on any atom is 0.323 e. The van der Waals surface area contributed by atoms with E-state index in [0.717, 1.165) is 10.8 Å². The number of ether oxygens (including phenoxy) is 2. The number of nitrogens with two attached hydrogens (primary N) is 1. The van der Waals surface area contributed by atoms with Gasteiger partial charge in [0.15, 0.2) is 28.9 Å². The normalized spacial score (nSPS) is 23.7. The van der Waals surface area contributed by atoms with Gasteiger partial charge in [-0.15, -0.1) is 0 Å². The number of imidazole rings is 1. The Morgan fingerprint density at radius 3 is 2.67 bits per heavy atom. The number of alkyl halides is 1. The highest BCUT2D eigenvalue weighted by Crippen LogP contribution is 2.49. The third kappa shape index (κ3) is 6.74. The Bertz CT molecular complexity index is 1750. The van der Waals surface area contributed by atoms with Crippen molar-refractivity contribution >= 4 is 58.1 Å². The fourth-order valence-corrected chi connectivity index (χ4v) is 7.46. The summed E-state index contributed by atoms with van der Waals surface area (Å²) in [5.41, 5.74) is 4.25. The van der Waals surface area contributed by atoms with Crippen molar-refractivity contribution < 1.29 is 32.8 Å². The lowest BCUT2D eigenvalue weighted by molar-refractivity contribution is -0.149. The van der Waals surface area contributed by atoms with Gasteiger partial charge in [-0.3, -0.25) is 9.36 Å². The summed E-state index contributed by atoms with van der Waals surface area (Å²) < 4.78 is 41.5. The van der Waals surface area contributed by atoms with E-state index in [9.17, 15) is 9.90 Å². The monoisotopic (exact) mass is 661 g/mol. The van der Waals surface area contributed by atoms with E-state index in [-0.39, 0.29) is 24.3 Å². The van der Waals surface area contributed by atoms with Gasteiger partial charge in [0, 0.05) is 19.5 Å². The fourth-order valence-electron chi connectivity index (χ4n) is 5.04. The van der Waals surface area contributed by atoms with E-state index in [1.807, 2.05) is 36.4 Å². The van der Waals surface area contributed by atoms with Gasteiger partial charge in [0.05, 0.1) is 19.0 Å². The van der Waals surface area contributed by atoms with Crippen LogP contribution in [0.4, 0.5) is 16.2 Å². The molecule has 242 valence electrons. The predicted octanol–water partition coefficient (Wildman–Crippen LogP) is 3.86. The molecular weight excluding hydrogens is 624 g/mol. The molecule has 45 heavy (non-hydrogen) atoms. The van der Waals surface area contributed by atoms with Crippen LogP contribution in [0.1, 0.15) is 33.9 Å². The number of hydrogen-bond donors (Lipinski definition) is 3. The van der Waals surface area contributed by atoms with Crippen molar-refractivity contribution in [1.82, 2.24) is 24.6 Å². The molecule has 4 aromatic rings. The number of aromatic nitrogens is 4. The lowest BCUT2D eigenvalue weighted by Crippen LogP contribution is -2.41. The van der Waals surface area contributed by atoms with Crippen LogP contribution >= 0.6 is 6.64 Å². The molecule has 0 spiro atoms. The summed E-state index contributed by atoms with van der Waals surface area (Å²) >= 11 is 5.88. The molecule has 1 aliphatic heterocycles. The van der Waals surface area contributed by atoms with Gasteiger partial charge < -0.3 is 34.3 Å². The number of hydrogen-bond acceptors (Lipinski definition) is 12. The third-order valence-corrected chi connectivity index (χ3v) is 9.73. The van der Waals surface area contributed by atoms with Crippen molar-refractivity contribution in [2.24, 2.45) is 0 Å². The average molecular weight is 662 g/mol. The number of benzene rings is 2. The minimum absolute atomic E-state index is 0.0330. The zero-order valence-electron chi connectivity index (χ0n) is 25.7. The summed E-state index contributed by atoms with van der Waals surface area (Å²) in [6, 6.07) is 12.1. The van der Waals surface area contributed by atoms with Gasteiger partial charge >= 0.3 is 12.6 Å². The van der Waals surface area contributed by atoms with Crippen LogP contribution in [0.2, 0.25) is 0 Å². The summed E-state index contributed by atoms with van der Waals surface area (Å²) in [6.07, 6.45) is -3.17. The molecule has 1 fully saturated rings. The molecule has 1 unspecified atom stereocenters. The van der Waals surface area contributed by atoms with Gasteiger partial charge in [0.2, 0.25) is 5.95 Å². The number of carbonyl (C=O) groups is 1. The van der Waals surface area contributed by atoms with Crippen molar-refractivity contribution in [1.29, 1.82) is 0 Å². The van der Waals surface area contributed by atoms with Crippen molar-refractivity contribution in [3.05, 3.63) is 48.8 Å². The first-order valence-electron chi connectivity index (χ1n) is 14.3. The smallest absolute Gasteiger partial charge is 0.323 e. The molecule has 16 heteroatoms. The molecule has 1 saturated heterocycles. The molecule has 5 rings (SSSR count). The molecule has 0 radical (unpaired) electrons. The standard InChI is InChI=1S/C29H37FN7O6PS/c1-16(2)41-26(39)17(3)35-44(45,43-20-13-9-11-18-10-7-8-12-19(18)20)40-14-21-23(38)29(4,30)27(42-21)37-15-32-22-24(36(5)6)33-28(31)34-25(22)37/h7-13,15-17,21,23,27,38H,14H2,1-6H3,(H,35,45)(H2,31,33,34)/t17-,21+,23+,27+,29+,44?/m0/s1. The van der Waals surface area contributed by atoms with Gasteiger partial charge in [-0.05, 0) is 51.0 Å². The number of rotatable bonds is 11. The van der Waals surface area contributed by atoms with Crippen molar-refractivity contribution in [2.75, 3.05) is 31.3 Å². The summed E-state index contributed by atoms with van der Waals surface area (Å²) in [4.78, 5) is 27.2. The topological polar surface area (TPSA) is 159 Å². The molecule has 0 bridgehead atoms. The van der Waals surface area contributed by atoms with E-state index in [4.69, 9.17) is 36.1 Å². The molecule has 3 heterocycles. The maximum absolute atomic E-state index is 16.3. The Labute approximate surface area is 265 Å². The van der Waals surface area contributed by atoms with Gasteiger partial charge in [0.25, 0.3) is 0 Å². The number of aliphatic hydroxyl groups excluding tert-OH is 1. The molecule has 1 aliphatic rings. The van der Waals surface area contributed by atoms with Crippen LogP contribution in [0.3, 0.4) is 0 Å². The lowest BCUT2D eigenvalue weighted by atomic mass is 9.98. The first-order chi connectivity index (χ1) is 21.2. The molecule has 2 aromatic heterocycles. The zero-order valence-corrected chi connectivity index (χ0v) is 27.5. The summed E-state index contributed by atoms with van der Waals surface area (Å²) in [5, 5.41) is 15.8. The Kier molecular flexibility index (Phi) is 9.32. The molecule has 13 nitrogen and oxygen atoms in total. The second kappa shape index (κ2) is 12.7. The second-order valence-corrected chi connectivity index (χ2v) is 14.6. The minimum Gasteiger partial charge on any atom is -0.462 e. The molecule has 4 N–H and O–H groups in total. The Morgan fingerprint density at radius 2 is 1.96 bits per heavy atom. The van der Waals surface area contributed by atoms with E-state index in [1.54, 1.807) is 45.8 Å². The van der Waals surface area contributed by atoms with Crippen LogP contribution in [-0.2, 0) is 30.6 Å². The molecule has 6 atom stereocenters. The Hall–Kier alpha value is -3.46. The van der Waals surface area contributed by atoms with E-state index in [0.29, 0.717) is 17.1 Å². The predicted molar refractivity (Wildman–Crippen MR) is 172 cm³/mol. The van der Waals surface area contributed by atoms with Crippen LogP contribution in [0.25, 0.3) is 21.9 Å². The number of nitrogen functional groups attached to an aromatic ring is 1. The number of nitrogens with zero attached hydrogens (tertiary/aromatic N) is 5. The largest absolute Gasteiger partial charge is 0.462 e. The van der Waals surface area contributed by atoms with Crippen LogP contribution in [-0.4, -0.2) is 81.3 Å². The fraction of sp³-hybridized carbons (Fsp3) is 0.448. The maximum atomic E-state index is 16.3. The van der Waals surface area contributed by atoms with Crippen molar-refractivity contribution in [2.45, 2.75) is 63.9 Å². The number of carbonyl (C=O) groups excluding carboxylic acids is 1. The number of esters is 1. The van der Waals surface area contributed by atoms with Gasteiger partial charge in [-0.2, -0.15) is 9.97 Å². The molecular formula is C29H37FN7O6PS. The molecule has 0 aliphatic carbocycles. The van der Waals surface area contributed by atoms with Gasteiger partial charge in [0.1, 0.15) is 24.0 Å². The lowest BCUT2D eigenvalue weighted by Gasteiger charge is -2.28. The Morgan fingerprint density at radius 1 is 1.24 bits per heavy atom. The molecule has 0 amide bonds. The summed E-state index contributed by atoms with van der Waals surface area (Å²) in [5.74, 6) is 0.281. The van der Waals surface area contributed by atoms with Crippen LogP contribution in [0, 0.1) is 0 Å². The zero-order chi connectivity index (χ0) is 32.7. The van der Waals surface area contributed by atoms with Crippen LogP contribution in [0.15, 0.2) is 48.8 Å². The first-order valence-corrected chi connectivity index (χ1v) is 16.9. The minimum atomic E-state index is -3.56. The summed E-state index contributed by atoms with van der Waals surface area (Å²) in [6.45, 7) is 2.34. The molecule has 0 saturated carbocycles. The third-order valence-electron chi connectivity index (χ3n) is 7.25. The number of anilines is 2. The summed E-state index contributed by atoms with van der Waals surface area (Å²) in [7, 11) is 3.54. The van der Waals surface area contributed by atoms with Gasteiger partial charge in [-0.25, -0.2) is 14.5 Å². The van der Waals surface area contributed by atoms with Crippen LogP contribution < -0.4 is 20.2 Å². The highest BCUT2D eigenvalue weighted by molar-refractivity contribution is 8.09. The van der Waals surface area contributed by atoms with E-state index < -0.39 is 42.8 Å². The quantitative estimate of drug-likeness (QED) is 0.157. The van der Waals surface area contributed by atoms with Crippen molar-refractivity contribution in [3.8, 4) is 5.75 Å². The van der Waals surface area contributed by atoms with E-state index in [2.05, 4.69) is 20.0 Å². The highest BCUT2D eigenvalue weighted by Gasteiger charge is 2.56. The average Bonchev–Trinajstić information content (AvgIpc) is 3.48. The number of fused-ring (bicyclic) bond motifs is 2. The van der Waals surface area contributed by atoms with E-state index >= 15 is 4.39 Å². The number of nitrogens with one attached hydrogen (secondary N) is 1. The second-order valence-electron chi connectivity index (χ2n) is 11.4. The van der Waals surface area contributed by atoms with Crippen molar-refractivity contribution in [3.63, 3.8) is 0 Å². The molecule has 2 aromatic carbocycles. The SMILES string of the molecule is CC(C)OC(=O)[C@H](C)NP(=S)(OC[C@H]1O[C@@H](n2cnc3c(N(C)C)nc(N)nc32)[C@](C)(F)[C@@H]1O)Oc1cccc2ccccc12. The van der Waals surface area contributed by atoms with Crippen LogP contribution in [0.5, 0.6) is 5.75 Å².